The minimum absolute atomic E-state index is 0. The average molecular weight is 719 g/mol. The van der Waals surface area contributed by atoms with Crippen molar-refractivity contribution in [2.45, 2.75) is 37.8 Å². The van der Waals surface area contributed by atoms with Crippen molar-refractivity contribution >= 4 is 81.5 Å². The van der Waals surface area contributed by atoms with Gasteiger partial charge in [-0.25, -0.2) is 0 Å². The Morgan fingerprint density at radius 3 is 1.92 bits per heavy atom. The number of hydrogen-bond acceptors (Lipinski definition) is 4. The topological polar surface area (TPSA) is 43.8 Å². The van der Waals surface area contributed by atoms with Gasteiger partial charge in [-0.05, 0) is 0 Å². The molecule has 2 fully saturated rings. The van der Waals surface area contributed by atoms with Gasteiger partial charge in [-0.15, -0.1) is 0 Å². The van der Waals surface area contributed by atoms with E-state index in [4.69, 9.17) is 0 Å². The SMILES string of the molecule is C.CN1CCCC([CH](O)[GaH2])C1.CN1CCCC([C](=O)[GaH2])C1.[I][V][I]. The van der Waals surface area contributed by atoms with Crippen LogP contribution in [0.1, 0.15) is 33.1 Å². The number of hydrogen-bond donors (Lipinski definition) is 1. The van der Waals surface area contributed by atoms with Crippen LogP contribution in [0.4, 0.5) is 0 Å². The summed E-state index contributed by atoms with van der Waals surface area (Å²) in [5.74, 6) is 0.998. The molecule has 9 heteroatoms. The fraction of sp³-hybridized carbons (Fsp3) is 0.933. The van der Waals surface area contributed by atoms with Gasteiger partial charge in [0.25, 0.3) is 0 Å². The van der Waals surface area contributed by atoms with Crippen molar-refractivity contribution in [2.24, 2.45) is 11.8 Å². The van der Waals surface area contributed by atoms with E-state index in [9.17, 15) is 9.90 Å². The standard InChI is InChI=1S/C7H14NO.C7H12NO.CH4.2Ga.2HI.V.4H/c2*1-8-4-2-3-7(5-8)6-9;;;;;;;;;;/h6-7,9H,2-5H2,1H3;7H,2-5H2,1H3;1H4;;;2*1H;;;;;/q;;;;;;;+2;;;;/p-2. The molecule has 3 unspecified atom stereocenters. The predicted molar refractivity (Wildman–Crippen MR) is 123 cm³/mol. The Labute approximate surface area is 198 Å². The van der Waals surface area contributed by atoms with Crippen LogP contribution in [-0.4, -0.2) is 101 Å². The Morgan fingerprint density at radius 2 is 1.62 bits per heavy atom. The zero-order valence-corrected chi connectivity index (χ0v) is 28.9. The number of aliphatic hydroxyl groups excluding tert-OH is 1. The first-order valence-electron chi connectivity index (χ1n) is 8.29. The average Bonchev–Trinajstić information content (AvgIpc) is 2.48. The van der Waals surface area contributed by atoms with Crippen LogP contribution >= 0.6 is 40.0 Å². The summed E-state index contributed by atoms with van der Waals surface area (Å²) in [4.78, 5) is 15.6. The Kier molecular flexibility index (Phi) is 21.7. The molecule has 0 aromatic rings. The van der Waals surface area contributed by atoms with Crippen LogP contribution in [-0.2, 0) is 14.3 Å². The predicted octanol–water partition coefficient (Wildman–Crippen LogP) is 1.17. The maximum absolute atomic E-state index is 11.0. The molecule has 2 saturated heterocycles. The third kappa shape index (κ3) is 14.9. The van der Waals surface area contributed by atoms with Gasteiger partial charge >= 0.3 is 193 Å². The molecule has 0 aromatic carbocycles. The third-order valence-electron chi connectivity index (χ3n) is 4.54. The summed E-state index contributed by atoms with van der Waals surface area (Å²) in [6.07, 6.45) is 4.87. The number of piperidine rings is 2. The summed E-state index contributed by atoms with van der Waals surface area (Å²) in [6, 6.07) is 0. The third-order valence-corrected chi connectivity index (χ3v) is 8.23. The molecule has 0 aromatic heterocycles. The molecule has 3 atom stereocenters. The second kappa shape index (κ2) is 17.9. The van der Waals surface area contributed by atoms with E-state index >= 15 is 0 Å². The number of aliphatic hydroxyl groups is 1. The first-order chi connectivity index (χ1) is 10.8. The first kappa shape index (κ1) is 29.1. The molecule has 2 aliphatic rings. The zero-order chi connectivity index (χ0) is 17.8. The molecule has 0 aliphatic carbocycles. The van der Waals surface area contributed by atoms with Crippen molar-refractivity contribution in [3.8, 4) is 0 Å². The van der Waals surface area contributed by atoms with Crippen molar-refractivity contribution < 1.29 is 19.4 Å². The van der Waals surface area contributed by atoms with Gasteiger partial charge in [0.1, 0.15) is 0 Å². The van der Waals surface area contributed by atoms with Gasteiger partial charge in [0.05, 0.1) is 0 Å². The Morgan fingerprint density at radius 1 is 1.17 bits per heavy atom. The molecule has 0 amide bonds. The molecule has 2 rings (SSSR count). The molecular formula is C15H34Ga2I2N2O2V. The van der Waals surface area contributed by atoms with E-state index in [0.29, 0.717) is 62.8 Å². The molecule has 0 bridgehead atoms. The zero-order valence-electron chi connectivity index (χ0n) is 14.8. The Hall–Kier alpha value is 2.87. The van der Waals surface area contributed by atoms with Crippen LogP contribution < -0.4 is 0 Å². The maximum atomic E-state index is 11.0. The number of halogens is 2. The number of nitrogens with zero attached hydrogens (tertiary/aromatic N) is 2. The van der Waals surface area contributed by atoms with E-state index < -0.39 is 0 Å². The normalized spacial score (nSPS) is 25.7. The molecular weight excluding hydrogens is 684 g/mol. The van der Waals surface area contributed by atoms with E-state index in [1.54, 1.807) is 0 Å². The van der Waals surface area contributed by atoms with Crippen LogP contribution in [0.5, 0.6) is 0 Å². The van der Waals surface area contributed by atoms with Crippen molar-refractivity contribution in [1.29, 1.82) is 0 Å². The van der Waals surface area contributed by atoms with Gasteiger partial charge in [-0.1, -0.05) is 7.43 Å². The van der Waals surface area contributed by atoms with E-state index in [1.165, 1.54) is 32.4 Å². The molecule has 2 aliphatic heterocycles. The quantitative estimate of drug-likeness (QED) is 0.345. The van der Waals surface area contributed by atoms with Crippen LogP contribution in [0.15, 0.2) is 0 Å². The summed E-state index contributed by atoms with van der Waals surface area (Å²) < 4.78 is 0.606. The monoisotopic (exact) mass is 717 g/mol. The Bertz CT molecular complexity index is 332. The summed E-state index contributed by atoms with van der Waals surface area (Å²) in [5.41, 5.74) is 0. The molecule has 2 heterocycles. The van der Waals surface area contributed by atoms with E-state index in [0.717, 1.165) is 19.5 Å². The van der Waals surface area contributed by atoms with Crippen LogP contribution in [0.2, 0.25) is 0 Å². The van der Waals surface area contributed by atoms with E-state index in [1.807, 2.05) is 0 Å². The second-order valence-electron chi connectivity index (χ2n) is 6.68. The van der Waals surface area contributed by atoms with Crippen molar-refractivity contribution in [3.63, 3.8) is 0 Å². The Balaban J connectivity index is 0. The van der Waals surface area contributed by atoms with Crippen molar-refractivity contribution in [1.82, 2.24) is 9.80 Å². The summed E-state index contributed by atoms with van der Waals surface area (Å²) >= 11 is 5.73. The van der Waals surface area contributed by atoms with E-state index in [-0.39, 0.29) is 12.1 Å². The van der Waals surface area contributed by atoms with Crippen molar-refractivity contribution in [3.05, 3.63) is 0 Å². The van der Waals surface area contributed by atoms with Gasteiger partial charge in [0, 0.05) is 0 Å². The fourth-order valence-electron chi connectivity index (χ4n) is 3.10. The molecule has 24 heavy (non-hydrogen) atoms. The molecule has 1 N–H and O–H groups in total. The van der Waals surface area contributed by atoms with Gasteiger partial charge in [0.15, 0.2) is 0 Å². The van der Waals surface area contributed by atoms with Gasteiger partial charge in [-0.2, -0.15) is 0 Å². The molecule has 0 spiro atoms. The molecule has 0 saturated carbocycles. The minimum atomic E-state index is 0. The van der Waals surface area contributed by atoms with E-state index in [2.05, 4.69) is 63.9 Å². The first-order valence-corrected chi connectivity index (χ1v) is 21.8. The summed E-state index contributed by atoms with van der Waals surface area (Å²) in [5, 5.41) is 9.35. The number of carbonyl (C=O) groups excluding carboxylic acids is 1. The van der Waals surface area contributed by atoms with Crippen LogP contribution in [0.3, 0.4) is 0 Å². The number of carbonyl (C=O) groups is 1. The second-order valence-corrected chi connectivity index (χ2v) is 23.0. The fourth-order valence-corrected chi connectivity index (χ4v) is 5.23. The van der Waals surface area contributed by atoms with Gasteiger partial charge in [0.2, 0.25) is 0 Å². The summed E-state index contributed by atoms with van der Waals surface area (Å²) in [6.45, 7) is 4.52. The van der Waals surface area contributed by atoms with Gasteiger partial charge < -0.3 is 0 Å². The van der Waals surface area contributed by atoms with Crippen LogP contribution in [0, 0.1) is 11.8 Å². The van der Waals surface area contributed by atoms with Gasteiger partial charge in [-0.3, -0.25) is 0 Å². The molecule has 141 valence electrons. The molecule has 0 radical (unpaired) electrons. The number of likely N-dealkylation sites (tertiary alicyclic amines) is 2. The van der Waals surface area contributed by atoms with Crippen LogP contribution in [0.25, 0.3) is 0 Å². The van der Waals surface area contributed by atoms with Crippen molar-refractivity contribution in [2.75, 3.05) is 40.3 Å². The summed E-state index contributed by atoms with van der Waals surface area (Å²) in [7, 11) is 4.87. The number of rotatable bonds is 2. The molecule has 4 nitrogen and oxygen atoms in total.